The molecule has 0 saturated carbocycles. The van der Waals surface area contributed by atoms with Gasteiger partial charge >= 0.3 is 12.0 Å². The molecule has 1 aromatic heterocycles. The molecule has 2 N–H and O–H groups in total. The molecule has 1 aliphatic heterocycles. The van der Waals surface area contributed by atoms with Crippen molar-refractivity contribution in [1.29, 1.82) is 0 Å². The van der Waals surface area contributed by atoms with Crippen LogP contribution in [0.4, 0.5) is 10.5 Å². The van der Waals surface area contributed by atoms with E-state index in [0.29, 0.717) is 17.7 Å². The Hall–Kier alpha value is -4.17. The Morgan fingerprint density at radius 3 is 2.61 bits per heavy atom. The van der Waals surface area contributed by atoms with Crippen LogP contribution in [0.1, 0.15) is 28.6 Å². The first-order valence-electron chi connectivity index (χ1n) is 9.92. The number of amides is 4. The summed E-state index contributed by atoms with van der Waals surface area (Å²) in [5.74, 6) is -2.35. The molecular formula is C24H17ClN2O6. The van der Waals surface area contributed by atoms with Gasteiger partial charge in [-0.05, 0) is 54.5 Å². The third-order valence-electron chi connectivity index (χ3n) is 5.11. The lowest BCUT2D eigenvalue weighted by Gasteiger charge is -2.27. The van der Waals surface area contributed by atoms with E-state index in [4.69, 9.17) is 16.0 Å². The highest BCUT2D eigenvalue weighted by Gasteiger charge is 2.37. The standard InChI is InChI=1S/C24H17ClN2O6/c1-2-13-5-3-4-6-19(13)27-22(29)17(21(28)26-24(27)32)12-15-8-10-20(33-15)16-11-14(23(30)31)7-9-18(16)25/h3-12H,2H2,1H3,(H,30,31)(H,26,28,32). The number of nitrogens with zero attached hydrogens (tertiary/aromatic N) is 1. The van der Waals surface area contributed by atoms with Crippen molar-refractivity contribution < 1.29 is 28.7 Å². The van der Waals surface area contributed by atoms with E-state index >= 15 is 0 Å². The first kappa shape index (κ1) is 22.0. The number of hydrogen-bond acceptors (Lipinski definition) is 5. The average Bonchev–Trinajstić information content (AvgIpc) is 3.25. The second-order valence-corrected chi connectivity index (χ2v) is 7.55. The number of aromatic carboxylic acids is 1. The van der Waals surface area contributed by atoms with Crippen LogP contribution in [-0.2, 0) is 16.0 Å². The van der Waals surface area contributed by atoms with Crippen molar-refractivity contribution in [2.75, 3.05) is 4.90 Å². The van der Waals surface area contributed by atoms with Crippen LogP contribution in [0.15, 0.2) is 64.6 Å². The highest BCUT2D eigenvalue weighted by Crippen LogP contribution is 2.32. The molecule has 0 unspecified atom stereocenters. The van der Waals surface area contributed by atoms with Gasteiger partial charge in [0.05, 0.1) is 16.3 Å². The number of anilines is 1. The molecule has 0 atom stereocenters. The summed E-state index contributed by atoms with van der Waals surface area (Å²) in [6.45, 7) is 1.89. The lowest BCUT2D eigenvalue weighted by Crippen LogP contribution is -2.54. The Kier molecular flexibility index (Phi) is 5.85. The molecule has 0 spiro atoms. The number of hydrogen-bond donors (Lipinski definition) is 2. The molecule has 4 amide bonds. The predicted octanol–water partition coefficient (Wildman–Crippen LogP) is 4.53. The molecule has 1 saturated heterocycles. The number of carbonyl (C=O) groups excluding carboxylic acids is 3. The highest BCUT2D eigenvalue weighted by atomic mass is 35.5. The zero-order valence-corrected chi connectivity index (χ0v) is 18.1. The summed E-state index contributed by atoms with van der Waals surface area (Å²) >= 11 is 6.18. The largest absolute Gasteiger partial charge is 0.478 e. The van der Waals surface area contributed by atoms with Gasteiger partial charge in [0.2, 0.25) is 0 Å². The first-order chi connectivity index (χ1) is 15.8. The Labute approximate surface area is 193 Å². The van der Waals surface area contributed by atoms with Crippen molar-refractivity contribution in [2.45, 2.75) is 13.3 Å². The fourth-order valence-electron chi connectivity index (χ4n) is 3.47. The number of rotatable bonds is 5. The van der Waals surface area contributed by atoms with Crippen molar-refractivity contribution in [2.24, 2.45) is 0 Å². The summed E-state index contributed by atoms with van der Waals surface area (Å²) in [4.78, 5) is 50.2. The minimum absolute atomic E-state index is 0.0243. The number of barbiturate groups is 1. The summed E-state index contributed by atoms with van der Waals surface area (Å²) in [7, 11) is 0. The number of urea groups is 1. The van der Waals surface area contributed by atoms with Crippen molar-refractivity contribution >= 4 is 47.2 Å². The maximum absolute atomic E-state index is 13.1. The molecule has 2 heterocycles. The minimum Gasteiger partial charge on any atom is -0.478 e. The second kappa shape index (κ2) is 8.76. The lowest BCUT2D eigenvalue weighted by molar-refractivity contribution is -0.122. The van der Waals surface area contributed by atoms with Crippen LogP contribution in [0.2, 0.25) is 5.02 Å². The van der Waals surface area contributed by atoms with Crippen LogP contribution < -0.4 is 10.2 Å². The van der Waals surface area contributed by atoms with Gasteiger partial charge in [0.15, 0.2) is 0 Å². The third kappa shape index (κ3) is 4.16. The Bertz CT molecular complexity index is 1340. The van der Waals surface area contributed by atoms with Gasteiger partial charge in [-0.15, -0.1) is 0 Å². The van der Waals surface area contributed by atoms with Gasteiger partial charge in [-0.3, -0.25) is 14.9 Å². The van der Waals surface area contributed by atoms with Gasteiger partial charge in [0.25, 0.3) is 11.8 Å². The average molecular weight is 465 g/mol. The number of furan rings is 1. The topological polar surface area (TPSA) is 117 Å². The SMILES string of the molecule is CCc1ccccc1N1C(=O)NC(=O)C(=Cc2ccc(-c3cc(C(=O)O)ccc3Cl)o2)C1=O. The zero-order valence-electron chi connectivity index (χ0n) is 17.3. The number of benzene rings is 2. The van der Waals surface area contributed by atoms with Gasteiger partial charge < -0.3 is 9.52 Å². The van der Waals surface area contributed by atoms with Crippen LogP contribution in [0.3, 0.4) is 0 Å². The van der Waals surface area contributed by atoms with Crippen molar-refractivity contribution in [3.05, 3.63) is 82.1 Å². The number of imide groups is 2. The van der Waals surface area contributed by atoms with Gasteiger partial charge in [-0.1, -0.05) is 36.7 Å². The van der Waals surface area contributed by atoms with E-state index < -0.39 is 23.8 Å². The predicted molar refractivity (Wildman–Crippen MR) is 121 cm³/mol. The molecular weight excluding hydrogens is 448 g/mol. The number of aryl methyl sites for hydroxylation is 1. The van der Waals surface area contributed by atoms with E-state index in [1.54, 1.807) is 30.3 Å². The molecule has 33 heavy (non-hydrogen) atoms. The number of carboxylic acids is 1. The summed E-state index contributed by atoms with van der Waals surface area (Å²) in [5.41, 5.74) is 1.23. The number of halogens is 1. The van der Waals surface area contributed by atoms with Gasteiger partial charge in [0, 0.05) is 5.56 Å². The summed E-state index contributed by atoms with van der Waals surface area (Å²) < 4.78 is 5.71. The number of nitrogens with one attached hydrogen (secondary N) is 1. The van der Waals surface area contributed by atoms with Crippen LogP contribution in [0.5, 0.6) is 0 Å². The molecule has 4 rings (SSSR count). The third-order valence-corrected chi connectivity index (χ3v) is 5.44. The van der Waals surface area contributed by atoms with Crippen LogP contribution >= 0.6 is 11.6 Å². The summed E-state index contributed by atoms with van der Waals surface area (Å²) in [5, 5.41) is 11.7. The maximum Gasteiger partial charge on any atom is 0.335 e. The second-order valence-electron chi connectivity index (χ2n) is 7.14. The molecule has 8 nitrogen and oxygen atoms in total. The first-order valence-corrected chi connectivity index (χ1v) is 10.3. The highest BCUT2D eigenvalue weighted by molar-refractivity contribution is 6.39. The monoisotopic (exact) mass is 464 g/mol. The van der Waals surface area contributed by atoms with Gasteiger partial charge in [-0.2, -0.15) is 0 Å². The van der Waals surface area contributed by atoms with E-state index in [1.165, 1.54) is 30.3 Å². The number of carbonyl (C=O) groups is 4. The minimum atomic E-state index is -1.12. The fraction of sp³-hybridized carbons (Fsp3) is 0.0833. The van der Waals surface area contributed by atoms with E-state index in [2.05, 4.69) is 5.32 Å². The zero-order chi connectivity index (χ0) is 23.7. The Morgan fingerprint density at radius 1 is 1.12 bits per heavy atom. The quantitative estimate of drug-likeness (QED) is 0.423. The Morgan fingerprint density at radius 2 is 1.88 bits per heavy atom. The van der Waals surface area contributed by atoms with Crippen molar-refractivity contribution in [3.8, 4) is 11.3 Å². The van der Waals surface area contributed by atoms with E-state index in [9.17, 15) is 24.3 Å². The van der Waals surface area contributed by atoms with E-state index in [-0.39, 0.29) is 27.7 Å². The van der Waals surface area contributed by atoms with Crippen LogP contribution in [0.25, 0.3) is 17.4 Å². The maximum atomic E-state index is 13.1. The summed E-state index contributed by atoms with van der Waals surface area (Å²) in [6, 6.07) is 13.3. The molecule has 1 aliphatic rings. The molecule has 9 heteroatoms. The number of carboxylic acid groups (broad SMARTS) is 1. The molecule has 0 aliphatic carbocycles. The van der Waals surface area contributed by atoms with Crippen molar-refractivity contribution in [3.63, 3.8) is 0 Å². The normalized spacial score (nSPS) is 15.2. The number of para-hydroxylation sites is 1. The van der Waals surface area contributed by atoms with E-state index in [1.807, 2.05) is 6.92 Å². The fourth-order valence-corrected chi connectivity index (χ4v) is 3.68. The molecule has 3 aromatic rings. The van der Waals surface area contributed by atoms with Crippen LogP contribution in [0, 0.1) is 0 Å². The Balaban J connectivity index is 1.71. The molecule has 166 valence electrons. The van der Waals surface area contributed by atoms with Gasteiger partial charge in [0.1, 0.15) is 17.1 Å². The van der Waals surface area contributed by atoms with Gasteiger partial charge in [-0.25, -0.2) is 14.5 Å². The molecule has 0 radical (unpaired) electrons. The van der Waals surface area contributed by atoms with E-state index in [0.717, 1.165) is 10.5 Å². The van der Waals surface area contributed by atoms with Crippen LogP contribution in [-0.4, -0.2) is 28.9 Å². The summed E-state index contributed by atoms with van der Waals surface area (Å²) in [6.07, 6.45) is 1.81. The molecule has 2 aromatic carbocycles. The molecule has 0 bridgehead atoms. The lowest BCUT2D eigenvalue weighted by atomic mass is 10.1. The molecule has 1 fully saturated rings. The smallest absolute Gasteiger partial charge is 0.335 e. The van der Waals surface area contributed by atoms with Crippen molar-refractivity contribution in [1.82, 2.24) is 5.32 Å².